The topological polar surface area (TPSA) is 85.2 Å². The highest BCUT2D eigenvalue weighted by Crippen LogP contribution is 2.61. The Bertz CT molecular complexity index is 872. The van der Waals surface area contributed by atoms with Gasteiger partial charge < -0.3 is 15.4 Å². The number of alkyl halides is 2. The van der Waals surface area contributed by atoms with E-state index in [0.29, 0.717) is 13.2 Å². The molecule has 7 nitrogen and oxygen atoms in total. The standard InChI is InChI=1S/C18H26F2N4O3S/c1-24-13(6-12(23-24)16(19)20)28(25,26)15-11(7-17(15)2-4-21-5-3-17)14-18(8-22-14)9-27-10-18/h6,11,14-16,21-22H,2-5,7-10H2,1H3. The number of hydrogen-bond donors (Lipinski definition) is 2. The first-order valence-corrected chi connectivity index (χ1v) is 11.4. The van der Waals surface area contributed by atoms with Gasteiger partial charge in [0, 0.05) is 31.1 Å². The summed E-state index contributed by atoms with van der Waals surface area (Å²) in [6, 6.07) is 1.17. The Morgan fingerprint density at radius 3 is 2.50 bits per heavy atom. The normalized spacial score (nSPS) is 33.5. The predicted octanol–water partition coefficient (Wildman–Crippen LogP) is 0.878. The molecule has 4 fully saturated rings. The van der Waals surface area contributed by atoms with Crippen molar-refractivity contribution in [1.29, 1.82) is 0 Å². The molecule has 1 aromatic rings. The van der Waals surface area contributed by atoms with E-state index in [1.807, 2.05) is 0 Å². The van der Waals surface area contributed by atoms with E-state index in [0.717, 1.165) is 49.6 Å². The molecule has 28 heavy (non-hydrogen) atoms. The maximum Gasteiger partial charge on any atom is 0.282 e. The highest BCUT2D eigenvalue weighted by Gasteiger charge is 2.67. The van der Waals surface area contributed by atoms with Gasteiger partial charge in [-0.3, -0.25) is 4.68 Å². The number of halogens is 2. The number of rotatable bonds is 4. The lowest BCUT2D eigenvalue weighted by molar-refractivity contribution is -0.197. The van der Waals surface area contributed by atoms with Crippen molar-refractivity contribution in [3.05, 3.63) is 11.8 Å². The van der Waals surface area contributed by atoms with Gasteiger partial charge in [-0.2, -0.15) is 5.10 Å². The number of hydrogen-bond acceptors (Lipinski definition) is 6. The van der Waals surface area contributed by atoms with Gasteiger partial charge in [-0.15, -0.1) is 0 Å². The minimum Gasteiger partial charge on any atom is -0.380 e. The molecule has 3 atom stereocenters. The fraction of sp³-hybridized carbons (Fsp3) is 0.833. The maximum atomic E-state index is 13.7. The van der Waals surface area contributed by atoms with Gasteiger partial charge in [-0.05, 0) is 43.7 Å². The number of aryl methyl sites for hydroxylation is 1. The van der Waals surface area contributed by atoms with Crippen LogP contribution in [-0.2, 0) is 21.6 Å². The fourth-order valence-corrected chi connectivity index (χ4v) is 8.64. The third-order valence-electron chi connectivity index (χ3n) is 7.48. The fourth-order valence-electron chi connectivity index (χ4n) is 5.99. The van der Waals surface area contributed by atoms with Gasteiger partial charge in [0.15, 0.2) is 14.9 Å². The molecule has 4 heterocycles. The third kappa shape index (κ3) is 2.47. The summed E-state index contributed by atoms with van der Waals surface area (Å²) in [6.45, 7) is 3.78. The van der Waals surface area contributed by atoms with Crippen LogP contribution >= 0.6 is 0 Å². The van der Waals surface area contributed by atoms with Crippen LogP contribution in [0.5, 0.6) is 0 Å². The van der Waals surface area contributed by atoms with E-state index in [2.05, 4.69) is 15.7 Å². The lowest BCUT2D eigenvalue weighted by Crippen LogP contribution is -2.78. The smallest absolute Gasteiger partial charge is 0.282 e. The van der Waals surface area contributed by atoms with Crippen LogP contribution in [0.25, 0.3) is 0 Å². The molecule has 0 aromatic carbocycles. The summed E-state index contributed by atoms with van der Waals surface area (Å²) in [6.07, 6.45) is -0.340. The SMILES string of the molecule is Cn1nc(C(F)F)cc1S(=O)(=O)C1C(C2NCC23COC3)CC12CCNCC2. The highest BCUT2D eigenvalue weighted by atomic mass is 32.2. The first-order chi connectivity index (χ1) is 13.3. The molecular weight excluding hydrogens is 390 g/mol. The Morgan fingerprint density at radius 1 is 1.29 bits per heavy atom. The number of ether oxygens (including phenoxy) is 1. The summed E-state index contributed by atoms with van der Waals surface area (Å²) in [4.78, 5) is 0. The van der Waals surface area contributed by atoms with Gasteiger partial charge in [-0.1, -0.05) is 0 Å². The number of piperidine rings is 1. The second kappa shape index (κ2) is 6.20. The van der Waals surface area contributed by atoms with Crippen LogP contribution in [0.4, 0.5) is 8.78 Å². The summed E-state index contributed by atoms with van der Waals surface area (Å²) in [7, 11) is -2.36. The van der Waals surface area contributed by atoms with Crippen molar-refractivity contribution in [1.82, 2.24) is 20.4 Å². The molecule has 0 amide bonds. The van der Waals surface area contributed by atoms with Crippen LogP contribution < -0.4 is 10.6 Å². The average Bonchev–Trinajstić information content (AvgIpc) is 2.95. The van der Waals surface area contributed by atoms with E-state index in [1.165, 1.54) is 7.05 Å². The molecule has 1 aliphatic carbocycles. The molecule has 5 rings (SSSR count). The minimum atomic E-state index is -3.80. The molecule has 1 saturated carbocycles. The van der Waals surface area contributed by atoms with Crippen molar-refractivity contribution in [2.75, 3.05) is 32.8 Å². The van der Waals surface area contributed by atoms with Gasteiger partial charge in [0.2, 0.25) is 0 Å². The van der Waals surface area contributed by atoms with Crippen LogP contribution in [0, 0.1) is 16.7 Å². The van der Waals surface area contributed by atoms with Crippen LogP contribution in [0.1, 0.15) is 31.4 Å². The molecule has 2 spiro atoms. The van der Waals surface area contributed by atoms with E-state index in [9.17, 15) is 17.2 Å². The Balaban J connectivity index is 1.52. The summed E-state index contributed by atoms with van der Waals surface area (Å²) in [5, 5.41) is 9.86. The summed E-state index contributed by atoms with van der Waals surface area (Å²) in [5.41, 5.74) is -0.720. The third-order valence-corrected chi connectivity index (χ3v) is 9.96. The number of nitrogens with one attached hydrogen (secondary N) is 2. The minimum absolute atomic E-state index is 0.0225. The lowest BCUT2D eigenvalue weighted by Gasteiger charge is -2.66. The van der Waals surface area contributed by atoms with E-state index in [4.69, 9.17) is 4.74 Å². The molecule has 3 unspecified atom stereocenters. The van der Waals surface area contributed by atoms with Gasteiger partial charge >= 0.3 is 0 Å². The Morgan fingerprint density at radius 2 is 2.00 bits per heavy atom. The van der Waals surface area contributed by atoms with Crippen LogP contribution in [-0.4, -0.2) is 62.3 Å². The second-order valence-electron chi connectivity index (χ2n) is 8.99. The quantitative estimate of drug-likeness (QED) is 0.758. The Kier molecular flexibility index (Phi) is 4.18. The number of nitrogens with zero attached hydrogens (tertiary/aromatic N) is 2. The first kappa shape index (κ1) is 18.9. The van der Waals surface area contributed by atoms with E-state index < -0.39 is 27.2 Å². The van der Waals surface area contributed by atoms with Crippen molar-refractivity contribution >= 4 is 9.84 Å². The Hall–Kier alpha value is -1.10. The Labute approximate surface area is 163 Å². The van der Waals surface area contributed by atoms with Crippen molar-refractivity contribution in [3.63, 3.8) is 0 Å². The number of sulfone groups is 1. The molecule has 0 bridgehead atoms. The van der Waals surface area contributed by atoms with Gasteiger partial charge in [0.1, 0.15) is 5.69 Å². The molecule has 156 valence electrons. The van der Waals surface area contributed by atoms with Gasteiger partial charge in [0.05, 0.1) is 18.5 Å². The molecule has 10 heteroatoms. The maximum absolute atomic E-state index is 13.7. The summed E-state index contributed by atoms with van der Waals surface area (Å²) < 4.78 is 60.2. The summed E-state index contributed by atoms with van der Waals surface area (Å²) >= 11 is 0. The second-order valence-corrected chi connectivity index (χ2v) is 11.0. The average molecular weight is 416 g/mol. The van der Waals surface area contributed by atoms with Crippen LogP contribution in [0.2, 0.25) is 0 Å². The highest BCUT2D eigenvalue weighted by molar-refractivity contribution is 7.92. The zero-order valence-electron chi connectivity index (χ0n) is 15.8. The van der Waals surface area contributed by atoms with Crippen LogP contribution in [0.3, 0.4) is 0 Å². The zero-order valence-corrected chi connectivity index (χ0v) is 16.6. The van der Waals surface area contributed by atoms with E-state index >= 15 is 0 Å². The largest absolute Gasteiger partial charge is 0.380 e. The van der Waals surface area contributed by atoms with Crippen LogP contribution in [0.15, 0.2) is 11.1 Å². The zero-order chi connectivity index (χ0) is 19.7. The lowest BCUT2D eigenvalue weighted by atomic mass is 9.50. The van der Waals surface area contributed by atoms with Crippen molar-refractivity contribution in [3.8, 4) is 0 Å². The molecule has 2 N–H and O–H groups in total. The molecule has 4 aliphatic rings. The first-order valence-electron chi connectivity index (χ1n) is 9.87. The molecule has 1 aromatic heterocycles. The molecule has 0 radical (unpaired) electrons. The summed E-state index contributed by atoms with van der Waals surface area (Å²) in [5.74, 6) is -0.0225. The van der Waals surface area contributed by atoms with Gasteiger partial charge in [0.25, 0.3) is 6.43 Å². The molecule has 3 saturated heterocycles. The predicted molar refractivity (Wildman–Crippen MR) is 96.8 cm³/mol. The molecular formula is C18H26F2N4O3S. The van der Waals surface area contributed by atoms with Crippen molar-refractivity contribution in [2.24, 2.45) is 23.8 Å². The van der Waals surface area contributed by atoms with E-state index in [1.54, 1.807) is 0 Å². The number of aromatic nitrogens is 2. The molecule has 3 aliphatic heterocycles. The van der Waals surface area contributed by atoms with Crippen molar-refractivity contribution in [2.45, 2.75) is 42.0 Å². The monoisotopic (exact) mass is 416 g/mol. The van der Waals surface area contributed by atoms with Crippen molar-refractivity contribution < 1.29 is 21.9 Å². The van der Waals surface area contributed by atoms with Gasteiger partial charge in [-0.25, -0.2) is 17.2 Å². The van der Waals surface area contributed by atoms with E-state index in [-0.39, 0.29) is 27.8 Å².